The van der Waals surface area contributed by atoms with Gasteiger partial charge in [0.05, 0.1) is 11.5 Å². The van der Waals surface area contributed by atoms with Crippen LogP contribution >= 0.6 is 0 Å². The third-order valence-corrected chi connectivity index (χ3v) is 5.58. The summed E-state index contributed by atoms with van der Waals surface area (Å²) in [5, 5.41) is 11.9. The molecule has 98 valence electrons. The molecule has 0 aromatic carbocycles. The molecule has 2 saturated heterocycles. The molecule has 0 spiro atoms. The van der Waals surface area contributed by atoms with Crippen molar-refractivity contribution in [3.05, 3.63) is 0 Å². The van der Waals surface area contributed by atoms with Gasteiger partial charge in [-0.2, -0.15) is 0 Å². The quantitative estimate of drug-likeness (QED) is 0.761. The van der Waals surface area contributed by atoms with Gasteiger partial charge in [-0.1, -0.05) is 0 Å². The van der Waals surface area contributed by atoms with Crippen LogP contribution in [-0.2, 0) is 14.6 Å². The van der Waals surface area contributed by atoms with Gasteiger partial charge in [0.15, 0.2) is 0 Å². The van der Waals surface area contributed by atoms with Crippen LogP contribution in [0, 0.1) is 11.8 Å². The van der Waals surface area contributed by atoms with Crippen LogP contribution in [0.5, 0.6) is 0 Å². The molecule has 17 heavy (non-hydrogen) atoms. The molecule has 2 fully saturated rings. The minimum absolute atomic E-state index is 0.306. The summed E-state index contributed by atoms with van der Waals surface area (Å²) in [7, 11) is -2.78. The van der Waals surface area contributed by atoms with E-state index in [1.165, 1.54) is 0 Å². The van der Waals surface area contributed by atoms with Gasteiger partial charge in [-0.05, 0) is 44.1 Å². The normalized spacial score (nSPS) is 33.6. The highest BCUT2D eigenvalue weighted by Crippen LogP contribution is 2.29. The van der Waals surface area contributed by atoms with Crippen LogP contribution in [0.25, 0.3) is 0 Å². The number of carboxylic acid groups (broad SMARTS) is 1. The van der Waals surface area contributed by atoms with E-state index >= 15 is 0 Å². The summed E-state index contributed by atoms with van der Waals surface area (Å²) in [5.41, 5.74) is 0. The molecule has 0 bridgehead atoms. The third-order valence-electron chi connectivity index (χ3n) is 3.86. The lowest BCUT2D eigenvalue weighted by molar-refractivity contribution is -0.139. The molecule has 2 N–H and O–H groups in total. The zero-order valence-electron chi connectivity index (χ0n) is 9.76. The monoisotopic (exact) mass is 261 g/mol. The molecule has 0 radical (unpaired) electrons. The SMILES string of the molecule is O=C(O)C1CC(CC2CCS(=O)(=O)CC2)CN1. The Hall–Kier alpha value is -0.620. The summed E-state index contributed by atoms with van der Waals surface area (Å²) < 4.78 is 22.6. The van der Waals surface area contributed by atoms with Crippen molar-refractivity contribution in [2.75, 3.05) is 18.1 Å². The van der Waals surface area contributed by atoms with E-state index in [0.29, 0.717) is 29.8 Å². The van der Waals surface area contributed by atoms with Gasteiger partial charge < -0.3 is 10.4 Å². The summed E-state index contributed by atoms with van der Waals surface area (Å²) in [6.45, 7) is 0.750. The summed E-state index contributed by atoms with van der Waals surface area (Å²) >= 11 is 0. The lowest BCUT2D eigenvalue weighted by Crippen LogP contribution is -2.29. The van der Waals surface area contributed by atoms with Crippen molar-refractivity contribution in [3.63, 3.8) is 0 Å². The molecule has 5 nitrogen and oxygen atoms in total. The van der Waals surface area contributed by atoms with Gasteiger partial charge in [-0.3, -0.25) is 4.79 Å². The van der Waals surface area contributed by atoms with Crippen molar-refractivity contribution in [3.8, 4) is 0 Å². The number of hydrogen-bond donors (Lipinski definition) is 2. The van der Waals surface area contributed by atoms with E-state index in [2.05, 4.69) is 5.32 Å². The number of sulfone groups is 1. The summed E-state index contributed by atoms with van der Waals surface area (Å²) in [6, 6.07) is -0.410. The Morgan fingerprint density at radius 1 is 1.24 bits per heavy atom. The van der Waals surface area contributed by atoms with Crippen molar-refractivity contribution < 1.29 is 18.3 Å². The maximum atomic E-state index is 11.3. The number of nitrogens with one attached hydrogen (secondary N) is 1. The fourth-order valence-corrected chi connectivity index (χ4v) is 4.41. The minimum Gasteiger partial charge on any atom is -0.480 e. The molecule has 2 aliphatic heterocycles. The number of carboxylic acids is 1. The molecule has 0 amide bonds. The van der Waals surface area contributed by atoms with Gasteiger partial charge in [0.1, 0.15) is 15.9 Å². The average molecular weight is 261 g/mol. The van der Waals surface area contributed by atoms with Crippen LogP contribution in [0.1, 0.15) is 25.7 Å². The number of carbonyl (C=O) groups is 1. The first-order valence-electron chi connectivity index (χ1n) is 6.13. The zero-order chi connectivity index (χ0) is 12.5. The standard InChI is InChI=1S/C11H19NO4S/c13-11(14)10-6-9(7-12-10)5-8-1-3-17(15,16)4-2-8/h8-10,12H,1-7H2,(H,13,14). The van der Waals surface area contributed by atoms with Crippen LogP contribution in [0.15, 0.2) is 0 Å². The topological polar surface area (TPSA) is 83.5 Å². The molecule has 2 aliphatic rings. The first-order valence-corrected chi connectivity index (χ1v) is 7.95. The fourth-order valence-electron chi connectivity index (χ4n) is 2.82. The Morgan fingerprint density at radius 3 is 2.41 bits per heavy atom. The van der Waals surface area contributed by atoms with Crippen LogP contribution in [0.4, 0.5) is 0 Å². The molecule has 2 rings (SSSR count). The van der Waals surface area contributed by atoms with Gasteiger partial charge in [-0.25, -0.2) is 8.42 Å². The van der Waals surface area contributed by atoms with Crippen molar-refractivity contribution in [1.29, 1.82) is 0 Å². The van der Waals surface area contributed by atoms with Crippen LogP contribution < -0.4 is 5.32 Å². The average Bonchev–Trinajstić information content (AvgIpc) is 2.70. The van der Waals surface area contributed by atoms with Crippen molar-refractivity contribution in [2.45, 2.75) is 31.7 Å². The molecular weight excluding hydrogens is 242 g/mol. The highest BCUT2D eigenvalue weighted by atomic mass is 32.2. The van der Waals surface area contributed by atoms with Gasteiger partial charge in [-0.15, -0.1) is 0 Å². The van der Waals surface area contributed by atoms with Crippen molar-refractivity contribution in [1.82, 2.24) is 5.32 Å². The van der Waals surface area contributed by atoms with Crippen LogP contribution in [0.2, 0.25) is 0 Å². The molecule has 0 aliphatic carbocycles. The first-order chi connectivity index (χ1) is 7.96. The second kappa shape index (κ2) is 4.94. The van der Waals surface area contributed by atoms with Crippen LogP contribution in [0.3, 0.4) is 0 Å². The van der Waals surface area contributed by atoms with E-state index in [1.807, 2.05) is 0 Å². The smallest absolute Gasteiger partial charge is 0.320 e. The zero-order valence-corrected chi connectivity index (χ0v) is 10.6. The maximum absolute atomic E-state index is 11.3. The third kappa shape index (κ3) is 3.42. The molecular formula is C11H19NO4S. The van der Waals surface area contributed by atoms with Crippen molar-refractivity contribution >= 4 is 15.8 Å². The van der Waals surface area contributed by atoms with E-state index in [4.69, 9.17) is 5.11 Å². The molecule has 0 saturated carbocycles. The first kappa shape index (κ1) is 12.8. The molecule has 0 aromatic heterocycles. The highest BCUT2D eigenvalue weighted by Gasteiger charge is 2.32. The van der Waals surface area contributed by atoms with E-state index < -0.39 is 21.8 Å². The lowest BCUT2D eigenvalue weighted by Gasteiger charge is -2.24. The lowest BCUT2D eigenvalue weighted by atomic mass is 9.89. The Morgan fingerprint density at radius 2 is 1.88 bits per heavy atom. The Bertz CT molecular complexity index is 378. The Labute approximate surface area is 102 Å². The van der Waals surface area contributed by atoms with Gasteiger partial charge in [0.25, 0.3) is 0 Å². The van der Waals surface area contributed by atoms with E-state index in [1.54, 1.807) is 0 Å². The molecule has 6 heteroatoms. The number of rotatable bonds is 3. The van der Waals surface area contributed by atoms with E-state index in [-0.39, 0.29) is 0 Å². The van der Waals surface area contributed by atoms with Gasteiger partial charge in [0.2, 0.25) is 0 Å². The van der Waals surface area contributed by atoms with E-state index in [9.17, 15) is 13.2 Å². The van der Waals surface area contributed by atoms with Crippen LogP contribution in [-0.4, -0.2) is 43.6 Å². The molecule has 2 unspecified atom stereocenters. The molecule has 2 heterocycles. The Kier molecular flexibility index (Phi) is 3.73. The van der Waals surface area contributed by atoms with Gasteiger partial charge in [0, 0.05) is 0 Å². The second-order valence-electron chi connectivity index (χ2n) is 5.23. The predicted molar refractivity (Wildman–Crippen MR) is 63.5 cm³/mol. The van der Waals surface area contributed by atoms with Gasteiger partial charge >= 0.3 is 5.97 Å². The molecule has 0 aromatic rings. The summed E-state index contributed by atoms with van der Waals surface area (Å²) in [4.78, 5) is 10.8. The predicted octanol–water partition coefficient (Wildman–Crippen LogP) is 0.264. The fraction of sp³-hybridized carbons (Fsp3) is 0.909. The minimum atomic E-state index is -2.78. The van der Waals surface area contributed by atoms with E-state index in [0.717, 1.165) is 25.8 Å². The number of aliphatic carboxylic acids is 1. The molecule has 2 atom stereocenters. The second-order valence-corrected chi connectivity index (χ2v) is 7.54. The summed E-state index contributed by atoms with van der Waals surface area (Å²) in [5.74, 6) is 0.680. The Balaban J connectivity index is 1.78. The maximum Gasteiger partial charge on any atom is 0.320 e. The largest absolute Gasteiger partial charge is 0.480 e. The number of hydrogen-bond acceptors (Lipinski definition) is 4. The van der Waals surface area contributed by atoms with Crippen molar-refractivity contribution in [2.24, 2.45) is 11.8 Å². The summed E-state index contributed by atoms with van der Waals surface area (Å²) in [6.07, 6.45) is 3.14. The highest BCUT2D eigenvalue weighted by molar-refractivity contribution is 7.91.